The van der Waals surface area contributed by atoms with Gasteiger partial charge in [0.25, 0.3) is 0 Å². The molecule has 0 bridgehead atoms. The lowest BCUT2D eigenvalue weighted by Crippen LogP contribution is -2.22. The average Bonchev–Trinajstić information content (AvgIpc) is 3.73. The van der Waals surface area contributed by atoms with Crippen molar-refractivity contribution in [1.29, 1.82) is 0 Å². The summed E-state index contributed by atoms with van der Waals surface area (Å²) < 4.78 is 7.10. The highest BCUT2D eigenvalue weighted by molar-refractivity contribution is 5.90. The van der Waals surface area contributed by atoms with Crippen molar-refractivity contribution in [3.63, 3.8) is 0 Å². The van der Waals surface area contributed by atoms with Crippen molar-refractivity contribution in [3.8, 4) is 22.4 Å². The minimum absolute atomic E-state index is 0.0925. The number of hydrogen-bond donors (Lipinski definition) is 2. The quantitative estimate of drug-likeness (QED) is 0.549. The van der Waals surface area contributed by atoms with E-state index >= 15 is 0 Å². The zero-order valence-electron chi connectivity index (χ0n) is 18.6. The number of aromatic nitrogens is 3. The Morgan fingerprint density at radius 2 is 1.82 bits per heavy atom. The number of amides is 1. The van der Waals surface area contributed by atoms with E-state index in [0.717, 1.165) is 40.8 Å². The van der Waals surface area contributed by atoms with Crippen LogP contribution < -0.4 is 5.32 Å². The lowest BCUT2D eigenvalue weighted by molar-refractivity contribution is -0.140. The fourth-order valence-electron chi connectivity index (χ4n) is 4.17. The van der Waals surface area contributed by atoms with E-state index in [2.05, 4.69) is 15.4 Å². The number of carboxylic acids is 1. The Bertz CT molecular complexity index is 1190. The van der Waals surface area contributed by atoms with E-state index in [9.17, 15) is 14.7 Å². The summed E-state index contributed by atoms with van der Waals surface area (Å²) in [5, 5.41) is 16.6. The summed E-state index contributed by atoms with van der Waals surface area (Å²) in [4.78, 5) is 28.4. The molecule has 0 aliphatic heterocycles. The Morgan fingerprint density at radius 3 is 2.39 bits per heavy atom. The number of anilines is 1. The number of nitrogens with one attached hydrogen (secondary N) is 1. The van der Waals surface area contributed by atoms with Crippen LogP contribution in [0.3, 0.4) is 0 Å². The Labute approximate surface area is 191 Å². The number of pyridine rings is 1. The summed E-state index contributed by atoms with van der Waals surface area (Å²) >= 11 is 0. The molecule has 170 valence electrons. The fraction of sp³-hybridized carbons (Fsp3) is 0.360. The third-order valence-electron chi connectivity index (χ3n) is 6.71. The number of nitrogens with zero attached hydrogens (tertiary/aromatic N) is 3. The molecule has 0 radical (unpaired) electrons. The molecule has 2 heterocycles. The zero-order chi connectivity index (χ0) is 23.2. The summed E-state index contributed by atoms with van der Waals surface area (Å²) in [6, 6.07) is 11.5. The highest BCUT2D eigenvalue weighted by atomic mass is 16.6. The molecule has 2 N–H and O–H groups in total. The standard InChI is InChI=1S/C25H26N4O4/c1-15(16-3-4-16)33-24(32)28-22-20(14-27-29(22)2)17-5-7-18(8-6-17)21-10-9-19(13-26-21)25(11-12-25)23(30)31/h5-10,13-16H,3-4,11-12H2,1-2H3,(H,28,32)(H,30,31). The highest BCUT2D eigenvalue weighted by Crippen LogP contribution is 2.48. The van der Waals surface area contributed by atoms with Crippen LogP contribution in [0.5, 0.6) is 0 Å². The first-order chi connectivity index (χ1) is 15.9. The smallest absolute Gasteiger partial charge is 0.413 e. The van der Waals surface area contributed by atoms with Crippen LogP contribution >= 0.6 is 0 Å². The maximum absolute atomic E-state index is 12.4. The number of rotatable bonds is 7. The van der Waals surface area contributed by atoms with E-state index in [1.165, 1.54) is 0 Å². The van der Waals surface area contributed by atoms with Gasteiger partial charge >= 0.3 is 12.1 Å². The lowest BCUT2D eigenvalue weighted by atomic mass is 9.97. The maximum atomic E-state index is 12.4. The molecule has 1 aromatic carbocycles. The van der Waals surface area contributed by atoms with Gasteiger partial charge in [0.1, 0.15) is 11.9 Å². The molecule has 8 heteroatoms. The van der Waals surface area contributed by atoms with Crippen molar-refractivity contribution >= 4 is 17.9 Å². The van der Waals surface area contributed by atoms with Crippen molar-refractivity contribution in [2.24, 2.45) is 13.0 Å². The van der Waals surface area contributed by atoms with Gasteiger partial charge < -0.3 is 9.84 Å². The van der Waals surface area contributed by atoms with Crippen LogP contribution in [0.2, 0.25) is 0 Å². The predicted octanol–water partition coefficient (Wildman–Crippen LogP) is 4.61. The Hall–Kier alpha value is -3.68. The number of carbonyl (C=O) groups excluding carboxylic acids is 1. The Kier molecular flexibility index (Phi) is 5.15. The van der Waals surface area contributed by atoms with E-state index in [0.29, 0.717) is 24.6 Å². The van der Waals surface area contributed by atoms with E-state index in [1.54, 1.807) is 24.1 Å². The zero-order valence-corrected chi connectivity index (χ0v) is 18.6. The summed E-state index contributed by atoms with van der Waals surface area (Å²) in [6.07, 6.45) is 6.34. The van der Waals surface area contributed by atoms with Crippen LogP contribution in [0.25, 0.3) is 22.4 Å². The van der Waals surface area contributed by atoms with Crippen molar-refractivity contribution in [3.05, 3.63) is 54.4 Å². The summed E-state index contributed by atoms with van der Waals surface area (Å²) in [5.74, 6) is 0.255. The van der Waals surface area contributed by atoms with Crippen molar-refractivity contribution in [2.75, 3.05) is 5.32 Å². The summed E-state index contributed by atoms with van der Waals surface area (Å²) in [5.41, 5.74) is 3.38. The van der Waals surface area contributed by atoms with Gasteiger partial charge in [-0.1, -0.05) is 30.3 Å². The second kappa shape index (κ2) is 8.03. The molecule has 0 spiro atoms. The SMILES string of the molecule is CC(OC(=O)Nc1c(-c2ccc(-c3ccc(C4(C(=O)O)CC4)cn3)cc2)cnn1C)C1CC1. The van der Waals surface area contributed by atoms with Gasteiger partial charge in [0.05, 0.1) is 17.3 Å². The van der Waals surface area contributed by atoms with Crippen LogP contribution in [0.4, 0.5) is 10.6 Å². The molecule has 8 nitrogen and oxygen atoms in total. The second-order valence-corrected chi connectivity index (χ2v) is 9.00. The van der Waals surface area contributed by atoms with E-state index in [-0.39, 0.29) is 6.10 Å². The fourth-order valence-corrected chi connectivity index (χ4v) is 4.17. The number of carboxylic acid groups (broad SMARTS) is 1. The van der Waals surface area contributed by atoms with Gasteiger partial charge in [0, 0.05) is 24.4 Å². The highest BCUT2D eigenvalue weighted by Gasteiger charge is 2.51. The molecular weight excluding hydrogens is 420 g/mol. The van der Waals surface area contributed by atoms with Crippen LogP contribution in [-0.4, -0.2) is 38.0 Å². The number of ether oxygens (including phenoxy) is 1. The molecule has 2 aliphatic carbocycles. The third-order valence-corrected chi connectivity index (χ3v) is 6.71. The first-order valence-electron chi connectivity index (χ1n) is 11.2. The Balaban J connectivity index is 1.32. The van der Waals surface area contributed by atoms with Gasteiger partial charge in [-0.3, -0.25) is 19.8 Å². The van der Waals surface area contributed by atoms with Gasteiger partial charge in [-0.05, 0) is 55.7 Å². The number of aryl methyl sites for hydroxylation is 1. The minimum Gasteiger partial charge on any atom is -0.481 e. The molecule has 2 saturated carbocycles. The van der Waals surface area contributed by atoms with Crippen molar-refractivity contribution in [2.45, 2.75) is 44.1 Å². The maximum Gasteiger partial charge on any atom is 0.413 e. The van der Waals surface area contributed by atoms with E-state index in [4.69, 9.17) is 4.74 Å². The molecule has 1 atom stereocenters. The molecule has 2 aliphatic rings. The number of hydrogen-bond acceptors (Lipinski definition) is 5. The minimum atomic E-state index is -0.784. The molecule has 33 heavy (non-hydrogen) atoms. The molecule has 2 fully saturated rings. The monoisotopic (exact) mass is 446 g/mol. The van der Waals surface area contributed by atoms with Gasteiger partial charge in [-0.25, -0.2) is 4.79 Å². The Morgan fingerprint density at radius 1 is 1.12 bits per heavy atom. The second-order valence-electron chi connectivity index (χ2n) is 9.00. The number of aliphatic carboxylic acids is 1. The van der Waals surface area contributed by atoms with Gasteiger partial charge in [0.2, 0.25) is 0 Å². The number of carbonyl (C=O) groups is 2. The molecule has 2 aromatic heterocycles. The first-order valence-corrected chi connectivity index (χ1v) is 11.2. The predicted molar refractivity (Wildman–Crippen MR) is 123 cm³/mol. The topological polar surface area (TPSA) is 106 Å². The van der Waals surface area contributed by atoms with Crippen LogP contribution in [0.15, 0.2) is 48.8 Å². The van der Waals surface area contributed by atoms with E-state index < -0.39 is 17.5 Å². The normalized spacial score (nSPS) is 17.3. The number of benzene rings is 1. The molecule has 0 saturated heterocycles. The molecule has 1 amide bonds. The van der Waals surface area contributed by atoms with Gasteiger partial charge in [-0.2, -0.15) is 5.10 Å². The van der Waals surface area contributed by atoms with Crippen molar-refractivity contribution < 1.29 is 19.4 Å². The third kappa shape index (κ3) is 4.08. The largest absolute Gasteiger partial charge is 0.481 e. The lowest BCUT2D eigenvalue weighted by Gasteiger charge is -2.14. The first kappa shape index (κ1) is 21.2. The van der Waals surface area contributed by atoms with Crippen LogP contribution in [0.1, 0.15) is 38.2 Å². The van der Waals surface area contributed by atoms with Gasteiger partial charge in [0.15, 0.2) is 0 Å². The van der Waals surface area contributed by atoms with Crippen LogP contribution in [0, 0.1) is 5.92 Å². The van der Waals surface area contributed by atoms with Crippen molar-refractivity contribution in [1.82, 2.24) is 14.8 Å². The average molecular weight is 447 g/mol. The molecule has 1 unspecified atom stereocenters. The summed E-state index contributed by atoms with van der Waals surface area (Å²) in [7, 11) is 1.77. The molecule has 3 aromatic rings. The summed E-state index contributed by atoms with van der Waals surface area (Å²) in [6.45, 7) is 1.92. The van der Waals surface area contributed by atoms with Gasteiger partial charge in [-0.15, -0.1) is 0 Å². The van der Waals surface area contributed by atoms with E-state index in [1.807, 2.05) is 43.3 Å². The molecule has 5 rings (SSSR count). The molecular formula is C25H26N4O4. The van der Waals surface area contributed by atoms with Crippen LogP contribution in [-0.2, 0) is 22.0 Å².